The van der Waals surface area contributed by atoms with Gasteiger partial charge < -0.3 is 29.7 Å². The van der Waals surface area contributed by atoms with E-state index < -0.39 is 18.3 Å². The second-order valence-corrected chi connectivity index (χ2v) is 9.71. The van der Waals surface area contributed by atoms with Gasteiger partial charge >= 0.3 is 7.12 Å². The van der Waals surface area contributed by atoms with Crippen LogP contribution in [0.25, 0.3) is 0 Å². The summed E-state index contributed by atoms with van der Waals surface area (Å²) in [6, 6.07) is 15.7. The Morgan fingerprint density at radius 1 is 1.11 bits per heavy atom. The van der Waals surface area contributed by atoms with Gasteiger partial charge in [0.05, 0.1) is 24.4 Å². The zero-order valence-electron chi connectivity index (χ0n) is 21.6. The number of carbonyl (C=O) groups is 1. The molecule has 1 aliphatic rings. The zero-order valence-corrected chi connectivity index (χ0v) is 21.6. The molecule has 0 saturated carbocycles. The molecule has 35 heavy (non-hydrogen) atoms. The van der Waals surface area contributed by atoms with Crippen LogP contribution in [0.5, 0.6) is 0 Å². The van der Waals surface area contributed by atoms with Gasteiger partial charge in [0.2, 0.25) is 0 Å². The Labute approximate surface area is 209 Å². The van der Waals surface area contributed by atoms with E-state index in [1.165, 1.54) is 6.08 Å². The number of nitrogens with one attached hydrogen (secondary N) is 2. The van der Waals surface area contributed by atoms with Crippen LogP contribution in [-0.4, -0.2) is 50.6 Å². The molecule has 1 saturated heterocycles. The Morgan fingerprint density at radius 2 is 1.77 bits per heavy atom. The predicted molar refractivity (Wildman–Crippen MR) is 141 cm³/mol. The number of likely N-dealkylation sites (N-methyl/N-ethyl adjacent to an activating group) is 1. The summed E-state index contributed by atoms with van der Waals surface area (Å²) < 4.78 is 18.0. The van der Waals surface area contributed by atoms with Crippen molar-refractivity contribution in [1.29, 1.82) is 5.41 Å². The van der Waals surface area contributed by atoms with Gasteiger partial charge in [-0.2, -0.15) is 0 Å². The maximum atomic E-state index is 13.2. The third-order valence-electron chi connectivity index (χ3n) is 6.57. The molecule has 8 heteroatoms. The van der Waals surface area contributed by atoms with E-state index in [2.05, 4.69) is 5.32 Å². The number of amides is 1. The number of hydrogen-bond acceptors (Lipinski definition) is 6. The summed E-state index contributed by atoms with van der Waals surface area (Å²) in [6.07, 6.45) is 2.57. The highest BCUT2D eigenvalue weighted by Gasteiger charge is 2.51. The molecule has 1 heterocycles. The molecule has 0 atom stereocenters. The van der Waals surface area contributed by atoms with Crippen molar-refractivity contribution in [1.82, 2.24) is 5.32 Å². The van der Waals surface area contributed by atoms with Crippen LogP contribution in [0.15, 0.2) is 60.3 Å². The normalized spacial score (nSPS) is 16.7. The van der Waals surface area contributed by atoms with Gasteiger partial charge in [-0.1, -0.05) is 42.5 Å². The van der Waals surface area contributed by atoms with E-state index in [1.54, 1.807) is 11.9 Å². The molecule has 0 bridgehead atoms. The first kappa shape index (κ1) is 26.7. The monoisotopic (exact) mass is 477 g/mol. The molecule has 3 rings (SSSR count). The minimum absolute atomic E-state index is 0.233. The summed E-state index contributed by atoms with van der Waals surface area (Å²) >= 11 is 0. The van der Waals surface area contributed by atoms with Crippen molar-refractivity contribution >= 4 is 30.4 Å². The molecule has 1 aliphatic heterocycles. The summed E-state index contributed by atoms with van der Waals surface area (Å²) in [5, 5.41) is 10.6. The Bertz CT molecular complexity index is 1050. The number of ether oxygens (including phenoxy) is 1. The molecule has 0 spiro atoms. The van der Waals surface area contributed by atoms with Gasteiger partial charge in [0.15, 0.2) is 0 Å². The third kappa shape index (κ3) is 6.39. The van der Waals surface area contributed by atoms with Crippen LogP contribution in [0.3, 0.4) is 0 Å². The lowest BCUT2D eigenvalue weighted by atomic mass is 9.78. The summed E-state index contributed by atoms with van der Waals surface area (Å²) in [5.41, 5.74) is 3.20. The molecule has 2 aromatic rings. The Balaban J connectivity index is 1.61. The molecule has 2 aromatic carbocycles. The largest absolute Gasteiger partial charge is 0.494 e. The molecule has 186 valence electrons. The first-order valence-electron chi connectivity index (χ1n) is 11.9. The smallest absolute Gasteiger partial charge is 0.399 e. The van der Waals surface area contributed by atoms with E-state index in [9.17, 15) is 4.79 Å². The third-order valence-corrected chi connectivity index (χ3v) is 6.57. The minimum atomic E-state index is -0.459. The lowest BCUT2D eigenvalue weighted by Gasteiger charge is -2.32. The van der Waals surface area contributed by atoms with Crippen LogP contribution < -0.4 is 15.7 Å². The molecule has 2 N–H and O–H groups in total. The van der Waals surface area contributed by atoms with Crippen molar-refractivity contribution in [2.45, 2.75) is 52.4 Å². The molecule has 0 radical (unpaired) electrons. The first-order chi connectivity index (χ1) is 16.6. The van der Waals surface area contributed by atoms with E-state index >= 15 is 0 Å². The van der Waals surface area contributed by atoms with Gasteiger partial charge in [-0.3, -0.25) is 4.79 Å². The lowest BCUT2D eigenvalue weighted by Crippen LogP contribution is -2.41. The highest BCUT2D eigenvalue weighted by molar-refractivity contribution is 6.62. The number of carbonyl (C=O) groups excluding carboxylic acids is 1. The van der Waals surface area contributed by atoms with E-state index in [0.717, 1.165) is 28.5 Å². The fourth-order valence-electron chi connectivity index (χ4n) is 3.78. The molecular weight excluding hydrogens is 441 g/mol. The van der Waals surface area contributed by atoms with E-state index in [-0.39, 0.29) is 5.91 Å². The highest BCUT2D eigenvalue weighted by Crippen LogP contribution is 2.36. The van der Waals surface area contributed by atoms with Crippen LogP contribution in [0.1, 0.15) is 38.8 Å². The van der Waals surface area contributed by atoms with Crippen LogP contribution in [0, 0.1) is 12.3 Å². The molecule has 1 fully saturated rings. The molecular formula is C27H36BN3O4. The van der Waals surface area contributed by atoms with Crippen molar-refractivity contribution in [3.63, 3.8) is 0 Å². The van der Waals surface area contributed by atoms with Gasteiger partial charge in [-0.25, -0.2) is 0 Å². The number of benzene rings is 2. The van der Waals surface area contributed by atoms with Gasteiger partial charge in [0.25, 0.3) is 5.91 Å². The van der Waals surface area contributed by atoms with Crippen molar-refractivity contribution in [2.75, 3.05) is 25.1 Å². The fraction of sp³-hybridized carbons (Fsp3) is 0.407. The van der Waals surface area contributed by atoms with Crippen LogP contribution in [0.4, 0.5) is 5.69 Å². The van der Waals surface area contributed by atoms with Crippen molar-refractivity contribution < 1.29 is 18.8 Å². The van der Waals surface area contributed by atoms with Crippen molar-refractivity contribution in [2.24, 2.45) is 0 Å². The quantitative estimate of drug-likeness (QED) is 0.237. The maximum absolute atomic E-state index is 13.2. The number of nitrogens with zero attached hydrogens (tertiary/aromatic N) is 1. The summed E-state index contributed by atoms with van der Waals surface area (Å²) in [5.74, 6) is -0.233. The van der Waals surface area contributed by atoms with Gasteiger partial charge in [-0.15, -0.1) is 0 Å². The lowest BCUT2D eigenvalue weighted by molar-refractivity contribution is -0.115. The van der Waals surface area contributed by atoms with Crippen molar-refractivity contribution in [3.8, 4) is 0 Å². The molecule has 0 aromatic heterocycles. The predicted octanol–water partition coefficient (Wildman–Crippen LogP) is 3.60. The maximum Gasteiger partial charge on any atom is 0.494 e. The van der Waals surface area contributed by atoms with Gasteiger partial charge in [0, 0.05) is 25.5 Å². The van der Waals surface area contributed by atoms with Gasteiger partial charge in [0.1, 0.15) is 5.70 Å². The summed E-state index contributed by atoms with van der Waals surface area (Å²) in [6.45, 7) is 11.5. The average Bonchev–Trinajstić information content (AvgIpc) is 3.04. The molecule has 1 amide bonds. The number of anilines is 1. The standard InChI is InChI=1S/C27H36BN3O4/c1-20-18-22(28-34-26(2,3)27(4,5)35-28)12-13-24(20)31(6)25(32)23(14-15-29)30-16-17-33-19-21-10-8-7-9-11-21/h7-15,18,29-30H,16-17,19H2,1-6H3/b23-14-,29-15?. The highest BCUT2D eigenvalue weighted by atomic mass is 16.7. The molecule has 0 aliphatic carbocycles. The average molecular weight is 477 g/mol. The molecule has 7 nitrogen and oxygen atoms in total. The number of hydrogen-bond donors (Lipinski definition) is 2. The number of aryl methyl sites for hydroxylation is 1. The van der Waals surface area contributed by atoms with E-state index in [0.29, 0.717) is 25.5 Å². The zero-order chi connectivity index (χ0) is 25.6. The number of allylic oxidation sites excluding steroid dienone is 1. The number of rotatable bonds is 10. The SMILES string of the molecule is Cc1cc(B2OC(C)(C)C(C)(C)O2)ccc1N(C)C(=O)/C(=C/C=N)NCCOCc1ccccc1. The first-order valence-corrected chi connectivity index (χ1v) is 11.9. The van der Waals surface area contributed by atoms with Crippen molar-refractivity contribution in [3.05, 3.63) is 71.4 Å². The summed E-state index contributed by atoms with van der Waals surface area (Å²) in [7, 11) is 1.27. The minimum Gasteiger partial charge on any atom is -0.399 e. The fourth-order valence-corrected chi connectivity index (χ4v) is 3.78. The van der Waals surface area contributed by atoms with Gasteiger partial charge in [-0.05, 0) is 63.4 Å². The van der Waals surface area contributed by atoms with Crippen LogP contribution >= 0.6 is 0 Å². The molecule has 0 unspecified atom stereocenters. The van der Waals surface area contributed by atoms with Crippen LogP contribution in [0.2, 0.25) is 0 Å². The topological polar surface area (TPSA) is 83.9 Å². The Hall–Kier alpha value is -2.94. The Morgan fingerprint density at radius 3 is 2.37 bits per heavy atom. The second-order valence-electron chi connectivity index (χ2n) is 9.71. The Kier molecular flexibility index (Phi) is 8.54. The second kappa shape index (κ2) is 11.2. The van der Waals surface area contributed by atoms with Crippen LogP contribution in [-0.2, 0) is 25.4 Å². The van der Waals surface area contributed by atoms with E-state index in [1.807, 2.05) is 83.1 Å². The summed E-state index contributed by atoms with van der Waals surface area (Å²) in [4.78, 5) is 14.8. The van der Waals surface area contributed by atoms with E-state index in [4.69, 9.17) is 19.5 Å².